The van der Waals surface area contributed by atoms with E-state index in [1.54, 1.807) is 24.3 Å². The predicted octanol–water partition coefficient (Wildman–Crippen LogP) is 16.9. The standard InChI is InChI=1S/C52H79Br2ClO9/c1-3-5-7-9-11-13-15-17-19-21-23-25-27-31-49(58)61-40-47(63-50(59)33-29-30-48(56)57)52(43-39-42(55)35-37-45(43)62-46-36-34-41(53)38-44(46)54)64-51(60)32-28-26-24-22-20-18-16-14-12-10-8-6-4-2/h34-39,47,52H,3-33,40H2,1-2H3,(H,56,57). The third-order valence-electron chi connectivity index (χ3n) is 11.4. The second-order valence-electron chi connectivity index (χ2n) is 17.2. The number of halogens is 3. The van der Waals surface area contributed by atoms with Gasteiger partial charge in [-0.3, -0.25) is 19.2 Å². The molecule has 2 aromatic rings. The number of hydrogen-bond acceptors (Lipinski definition) is 8. The third-order valence-corrected chi connectivity index (χ3v) is 12.8. The van der Waals surface area contributed by atoms with Gasteiger partial charge in [0, 0.05) is 40.7 Å². The van der Waals surface area contributed by atoms with E-state index in [4.69, 9.17) is 30.5 Å². The van der Waals surface area contributed by atoms with Crippen molar-refractivity contribution in [2.75, 3.05) is 6.61 Å². The van der Waals surface area contributed by atoms with Crippen LogP contribution in [0.1, 0.15) is 225 Å². The molecule has 0 bridgehead atoms. The molecule has 64 heavy (non-hydrogen) atoms. The van der Waals surface area contributed by atoms with Gasteiger partial charge in [-0.25, -0.2) is 0 Å². The van der Waals surface area contributed by atoms with Gasteiger partial charge in [-0.1, -0.05) is 195 Å². The van der Waals surface area contributed by atoms with Gasteiger partial charge in [0.05, 0.1) is 4.47 Å². The van der Waals surface area contributed by atoms with Crippen molar-refractivity contribution in [3.63, 3.8) is 0 Å². The van der Waals surface area contributed by atoms with Crippen LogP contribution in [0.5, 0.6) is 11.5 Å². The molecule has 2 unspecified atom stereocenters. The zero-order valence-electron chi connectivity index (χ0n) is 39.1. The molecule has 0 fully saturated rings. The van der Waals surface area contributed by atoms with Crippen molar-refractivity contribution in [3.05, 3.63) is 55.9 Å². The minimum absolute atomic E-state index is 0.0480. The zero-order chi connectivity index (χ0) is 46.6. The van der Waals surface area contributed by atoms with Gasteiger partial charge < -0.3 is 24.1 Å². The van der Waals surface area contributed by atoms with Crippen LogP contribution in [0.3, 0.4) is 0 Å². The van der Waals surface area contributed by atoms with Crippen LogP contribution in [-0.2, 0) is 33.4 Å². The molecule has 0 saturated carbocycles. The lowest BCUT2D eigenvalue weighted by Gasteiger charge is -2.28. The number of carbonyl (C=O) groups is 4. The van der Waals surface area contributed by atoms with Crippen LogP contribution in [0.25, 0.3) is 0 Å². The van der Waals surface area contributed by atoms with Crippen LogP contribution in [0, 0.1) is 0 Å². The maximum atomic E-state index is 13.7. The van der Waals surface area contributed by atoms with E-state index < -0.39 is 42.7 Å². The van der Waals surface area contributed by atoms with Gasteiger partial charge in [0.15, 0.2) is 12.2 Å². The normalized spacial score (nSPS) is 12.1. The Morgan fingerprint density at radius 3 is 1.45 bits per heavy atom. The van der Waals surface area contributed by atoms with Crippen molar-refractivity contribution in [2.24, 2.45) is 0 Å². The van der Waals surface area contributed by atoms with Crippen LogP contribution in [0.4, 0.5) is 0 Å². The third kappa shape index (κ3) is 28.4. The van der Waals surface area contributed by atoms with Crippen LogP contribution < -0.4 is 4.74 Å². The molecule has 0 aliphatic carbocycles. The first-order chi connectivity index (χ1) is 31.0. The minimum Gasteiger partial charge on any atom is -0.481 e. The van der Waals surface area contributed by atoms with Gasteiger partial charge in [-0.05, 0) is 71.6 Å². The minimum atomic E-state index is -1.28. The molecule has 0 aliphatic heterocycles. The highest BCUT2D eigenvalue weighted by molar-refractivity contribution is 9.11. The van der Waals surface area contributed by atoms with Gasteiger partial charge >= 0.3 is 23.9 Å². The number of benzene rings is 2. The van der Waals surface area contributed by atoms with Crippen LogP contribution in [0.15, 0.2) is 45.3 Å². The first-order valence-electron chi connectivity index (χ1n) is 24.7. The summed E-state index contributed by atoms with van der Waals surface area (Å²) >= 11 is 13.6. The molecule has 2 rings (SSSR count). The van der Waals surface area contributed by atoms with E-state index in [1.165, 1.54) is 116 Å². The number of aliphatic carboxylic acids is 1. The van der Waals surface area contributed by atoms with Crippen LogP contribution in [0.2, 0.25) is 5.02 Å². The molecule has 0 aromatic heterocycles. The molecule has 2 aromatic carbocycles. The summed E-state index contributed by atoms with van der Waals surface area (Å²) in [6.45, 7) is 4.09. The average Bonchev–Trinajstić information content (AvgIpc) is 3.26. The number of esters is 3. The Balaban J connectivity index is 2.13. The van der Waals surface area contributed by atoms with Gasteiger partial charge in [0.2, 0.25) is 0 Å². The second kappa shape index (κ2) is 37.5. The maximum Gasteiger partial charge on any atom is 0.306 e. The Labute approximate surface area is 407 Å². The largest absolute Gasteiger partial charge is 0.481 e. The fourth-order valence-electron chi connectivity index (χ4n) is 7.67. The number of ether oxygens (including phenoxy) is 4. The van der Waals surface area contributed by atoms with Crippen molar-refractivity contribution in [3.8, 4) is 11.5 Å². The molecular weight excluding hydrogens is 964 g/mol. The zero-order valence-corrected chi connectivity index (χ0v) is 43.0. The van der Waals surface area contributed by atoms with E-state index in [2.05, 4.69) is 45.7 Å². The maximum absolute atomic E-state index is 13.7. The Bertz CT molecular complexity index is 1590. The van der Waals surface area contributed by atoms with E-state index in [0.29, 0.717) is 33.6 Å². The van der Waals surface area contributed by atoms with Crippen molar-refractivity contribution in [2.45, 2.75) is 225 Å². The summed E-state index contributed by atoms with van der Waals surface area (Å²) in [7, 11) is 0. The quantitative estimate of drug-likeness (QED) is 0.0394. The predicted molar refractivity (Wildman–Crippen MR) is 265 cm³/mol. The van der Waals surface area contributed by atoms with Crippen molar-refractivity contribution < 1.29 is 43.2 Å². The Morgan fingerprint density at radius 2 is 0.969 bits per heavy atom. The number of rotatable bonds is 40. The molecular formula is C52H79Br2ClO9. The highest BCUT2D eigenvalue weighted by atomic mass is 79.9. The molecule has 362 valence electrons. The lowest BCUT2D eigenvalue weighted by molar-refractivity contribution is -0.177. The lowest BCUT2D eigenvalue weighted by atomic mass is 10.0. The van der Waals surface area contributed by atoms with Crippen molar-refractivity contribution >= 4 is 67.3 Å². The van der Waals surface area contributed by atoms with E-state index in [0.717, 1.165) is 43.0 Å². The molecule has 2 atom stereocenters. The van der Waals surface area contributed by atoms with Gasteiger partial charge in [0.25, 0.3) is 0 Å². The van der Waals surface area contributed by atoms with Crippen molar-refractivity contribution in [1.82, 2.24) is 0 Å². The number of carboxylic acid groups (broad SMARTS) is 1. The summed E-state index contributed by atoms with van der Waals surface area (Å²) in [6.07, 6.45) is 28.0. The number of carboxylic acids is 1. The van der Waals surface area contributed by atoms with E-state index in [-0.39, 0.29) is 37.9 Å². The Kier molecular flexibility index (Phi) is 33.7. The summed E-state index contributed by atoms with van der Waals surface area (Å²) in [6, 6.07) is 10.3. The average molecular weight is 1040 g/mol. The fourth-order valence-corrected chi connectivity index (χ4v) is 8.98. The molecule has 1 N–H and O–H groups in total. The molecule has 0 amide bonds. The SMILES string of the molecule is CCCCCCCCCCCCCCCC(=O)OCC(OC(=O)CCCC(=O)O)C(OC(=O)CCCCCCCCCCCCCCC)c1cc(Cl)ccc1Oc1ccc(Br)cc1Br. The van der Waals surface area contributed by atoms with Crippen molar-refractivity contribution in [1.29, 1.82) is 0 Å². The summed E-state index contributed by atoms with van der Waals surface area (Å²) < 4.78 is 25.7. The highest BCUT2D eigenvalue weighted by Crippen LogP contribution is 2.39. The van der Waals surface area contributed by atoms with Gasteiger partial charge in [-0.15, -0.1) is 0 Å². The van der Waals surface area contributed by atoms with E-state index in [1.807, 2.05) is 12.1 Å². The molecule has 12 heteroatoms. The highest BCUT2D eigenvalue weighted by Gasteiger charge is 2.34. The summed E-state index contributed by atoms with van der Waals surface area (Å²) in [5.74, 6) is -1.95. The van der Waals surface area contributed by atoms with Crippen LogP contribution >= 0.6 is 43.5 Å². The van der Waals surface area contributed by atoms with E-state index >= 15 is 0 Å². The molecule has 0 radical (unpaired) electrons. The number of carbonyl (C=O) groups excluding carboxylic acids is 3. The number of hydrogen-bond donors (Lipinski definition) is 1. The first-order valence-corrected chi connectivity index (χ1v) is 26.7. The number of unbranched alkanes of at least 4 members (excludes halogenated alkanes) is 24. The summed E-state index contributed by atoms with van der Waals surface area (Å²) in [5, 5.41) is 9.51. The molecule has 0 aliphatic rings. The molecule has 0 heterocycles. The lowest BCUT2D eigenvalue weighted by Crippen LogP contribution is -2.34. The smallest absolute Gasteiger partial charge is 0.306 e. The summed E-state index contributed by atoms with van der Waals surface area (Å²) in [5.41, 5.74) is 0.317. The topological polar surface area (TPSA) is 125 Å². The molecule has 0 saturated heterocycles. The Hall–Kier alpha value is -2.63. The van der Waals surface area contributed by atoms with Gasteiger partial charge in [0.1, 0.15) is 18.1 Å². The van der Waals surface area contributed by atoms with E-state index in [9.17, 15) is 24.3 Å². The fraction of sp³-hybridized carbons (Fsp3) is 0.692. The second-order valence-corrected chi connectivity index (χ2v) is 19.4. The van der Waals surface area contributed by atoms with Gasteiger partial charge in [-0.2, -0.15) is 0 Å². The molecule has 0 spiro atoms. The monoisotopic (exact) mass is 1040 g/mol. The summed E-state index contributed by atoms with van der Waals surface area (Å²) in [4.78, 5) is 51.3. The van der Waals surface area contributed by atoms with Crippen LogP contribution in [-0.4, -0.2) is 41.7 Å². The first kappa shape index (κ1) is 57.5. The molecule has 9 nitrogen and oxygen atoms in total. The Morgan fingerprint density at radius 1 is 0.531 bits per heavy atom.